The fourth-order valence-corrected chi connectivity index (χ4v) is 2.32. The zero-order valence-corrected chi connectivity index (χ0v) is 8.62. The number of rotatable bonds is 2. The van der Waals surface area contributed by atoms with Crippen molar-refractivity contribution < 1.29 is 4.74 Å². The van der Waals surface area contributed by atoms with Crippen LogP contribution in [-0.2, 0) is 4.74 Å². The first-order valence-corrected chi connectivity index (χ1v) is 5.32. The zero-order valence-electron chi connectivity index (χ0n) is 8.62. The van der Waals surface area contributed by atoms with E-state index in [1.165, 1.54) is 25.9 Å². The first-order chi connectivity index (χ1) is 6.25. The molecule has 0 unspecified atom stereocenters. The molecule has 2 heterocycles. The Labute approximate surface area is 80.4 Å². The molecule has 0 radical (unpaired) electrons. The summed E-state index contributed by atoms with van der Waals surface area (Å²) in [6.45, 7) is 5.54. The summed E-state index contributed by atoms with van der Waals surface area (Å²) in [4.78, 5) is 2.39. The second-order valence-electron chi connectivity index (χ2n) is 4.39. The smallest absolute Gasteiger partial charge is 0.0700 e. The van der Waals surface area contributed by atoms with Gasteiger partial charge in [0, 0.05) is 25.2 Å². The van der Waals surface area contributed by atoms with Gasteiger partial charge in [0.2, 0.25) is 0 Å². The lowest BCUT2D eigenvalue weighted by atomic mass is 10.1. The Bertz CT molecular complexity index is 174. The first-order valence-electron chi connectivity index (χ1n) is 5.32. The van der Waals surface area contributed by atoms with Gasteiger partial charge in [-0.05, 0) is 33.4 Å². The summed E-state index contributed by atoms with van der Waals surface area (Å²) in [5.41, 5.74) is 0. The van der Waals surface area contributed by atoms with E-state index < -0.39 is 0 Å². The van der Waals surface area contributed by atoms with Crippen molar-refractivity contribution in [1.29, 1.82) is 0 Å². The molecule has 0 saturated carbocycles. The van der Waals surface area contributed by atoms with Crippen LogP contribution in [0.25, 0.3) is 0 Å². The van der Waals surface area contributed by atoms with Crippen molar-refractivity contribution in [2.75, 3.05) is 26.7 Å². The maximum Gasteiger partial charge on any atom is 0.0700 e. The summed E-state index contributed by atoms with van der Waals surface area (Å²) in [5, 5.41) is 3.69. The highest BCUT2D eigenvalue weighted by Gasteiger charge is 2.28. The van der Waals surface area contributed by atoms with Crippen molar-refractivity contribution in [2.24, 2.45) is 0 Å². The predicted molar refractivity (Wildman–Crippen MR) is 52.9 cm³/mol. The fraction of sp³-hybridized carbons (Fsp3) is 1.00. The molecule has 1 N–H and O–H groups in total. The third kappa shape index (κ3) is 2.22. The van der Waals surface area contributed by atoms with Crippen LogP contribution < -0.4 is 5.32 Å². The van der Waals surface area contributed by atoms with Crippen LogP contribution in [0.4, 0.5) is 0 Å². The molecule has 0 bridgehead atoms. The second kappa shape index (κ2) is 3.95. The van der Waals surface area contributed by atoms with Gasteiger partial charge in [-0.2, -0.15) is 0 Å². The molecule has 0 amide bonds. The molecule has 76 valence electrons. The highest BCUT2D eigenvalue weighted by Crippen LogP contribution is 2.15. The third-order valence-electron chi connectivity index (χ3n) is 3.22. The predicted octanol–water partition coefficient (Wildman–Crippen LogP) is 0.458. The molecule has 2 saturated heterocycles. The molecule has 2 rings (SSSR count). The normalized spacial score (nSPS) is 41.5. The van der Waals surface area contributed by atoms with Crippen LogP contribution in [-0.4, -0.2) is 49.8 Å². The van der Waals surface area contributed by atoms with E-state index in [2.05, 4.69) is 24.2 Å². The van der Waals surface area contributed by atoms with E-state index in [-0.39, 0.29) is 0 Å². The maximum absolute atomic E-state index is 5.53. The van der Waals surface area contributed by atoms with E-state index in [1.54, 1.807) is 0 Å². The van der Waals surface area contributed by atoms with Crippen molar-refractivity contribution in [3.8, 4) is 0 Å². The van der Waals surface area contributed by atoms with Gasteiger partial charge in [0.25, 0.3) is 0 Å². The van der Waals surface area contributed by atoms with Crippen molar-refractivity contribution in [3.05, 3.63) is 0 Å². The van der Waals surface area contributed by atoms with Crippen molar-refractivity contribution in [1.82, 2.24) is 10.2 Å². The minimum atomic E-state index is 0.408. The van der Waals surface area contributed by atoms with E-state index in [0.717, 1.165) is 6.61 Å². The Kier molecular flexibility index (Phi) is 2.86. The molecule has 0 spiro atoms. The lowest BCUT2D eigenvalue weighted by Crippen LogP contribution is -2.43. The molecule has 2 aliphatic rings. The van der Waals surface area contributed by atoms with E-state index in [9.17, 15) is 0 Å². The van der Waals surface area contributed by atoms with E-state index in [0.29, 0.717) is 18.2 Å². The van der Waals surface area contributed by atoms with Crippen LogP contribution in [0.3, 0.4) is 0 Å². The van der Waals surface area contributed by atoms with Gasteiger partial charge >= 0.3 is 0 Å². The lowest BCUT2D eigenvalue weighted by molar-refractivity contribution is 0.111. The molecule has 3 atom stereocenters. The number of ether oxygens (including phenoxy) is 1. The van der Waals surface area contributed by atoms with Gasteiger partial charge in [-0.3, -0.25) is 0 Å². The molecule has 0 aromatic carbocycles. The summed E-state index contributed by atoms with van der Waals surface area (Å²) in [7, 11) is 2.19. The average molecular weight is 184 g/mol. The van der Waals surface area contributed by atoms with Crippen LogP contribution >= 0.6 is 0 Å². The first kappa shape index (κ1) is 9.44. The molecule has 2 aliphatic heterocycles. The second-order valence-corrected chi connectivity index (χ2v) is 4.39. The van der Waals surface area contributed by atoms with Crippen LogP contribution in [0.2, 0.25) is 0 Å². The number of hydrogen-bond acceptors (Lipinski definition) is 3. The van der Waals surface area contributed by atoms with Gasteiger partial charge in [-0.1, -0.05) is 0 Å². The highest BCUT2D eigenvalue weighted by molar-refractivity contribution is 4.87. The summed E-state index contributed by atoms with van der Waals surface area (Å²) in [5.74, 6) is 0. The minimum Gasteiger partial charge on any atom is -0.377 e. The Balaban J connectivity index is 1.77. The van der Waals surface area contributed by atoms with Gasteiger partial charge in [-0.25, -0.2) is 0 Å². The SMILES string of the molecule is C[C@@H]1OCC[C@H]1N[C@@H]1CCN(C)C1. The van der Waals surface area contributed by atoms with Gasteiger partial charge < -0.3 is 15.0 Å². The Morgan fingerprint density at radius 3 is 2.77 bits per heavy atom. The van der Waals surface area contributed by atoms with Crippen LogP contribution in [0.1, 0.15) is 19.8 Å². The quantitative estimate of drug-likeness (QED) is 0.674. The molecule has 0 aromatic heterocycles. The Hall–Kier alpha value is -0.120. The summed E-state index contributed by atoms with van der Waals surface area (Å²) >= 11 is 0. The van der Waals surface area contributed by atoms with Gasteiger partial charge in [0.1, 0.15) is 0 Å². The number of likely N-dealkylation sites (tertiary alicyclic amines) is 1. The number of nitrogens with zero attached hydrogens (tertiary/aromatic N) is 1. The number of likely N-dealkylation sites (N-methyl/N-ethyl adjacent to an activating group) is 1. The van der Waals surface area contributed by atoms with Gasteiger partial charge in [0.05, 0.1) is 6.10 Å². The molecule has 3 nitrogen and oxygen atoms in total. The molecule has 2 fully saturated rings. The number of nitrogens with one attached hydrogen (secondary N) is 1. The average Bonchev–Trinajstić information content (AvgIpc) is 2.64. The van der Waals surface area contributed by atoms with Crippen molar-refractivity contribution in [3.63, 3.8) is 0 Å². The summed E-state index contributed by atoms with van der Waals surface area (Å²) in [6, 6.07) is 1.29. The van der Waals surface area contributed by atoms with Crippen LogP contribution in [0.5, 0.6) is 0 Å². The van der Waals surface area contributed by atoms with Crippen LogP contribution in [0, 0.1) is 0 Å². The molecule has 0 aliphatic carbocycles. The Morgan fingerprint density at radius 2 is 2.23 bits per heavy atom. The van der Waals surface area contributed by atoms with Gasteiger partial charge in [0.15, 0.2) is 0 Å². The molecule has 13 heavy (non-hydrogen) atoms. The van der Waals surface area contributed by atoms with E-state index >= 15 is 0 Å². The van der Waals surface area contributed by atoms with Crippen LogP contribution in [0.15, 0.2) is 0 Å². The topological polar surface area (TPSA) is 24.5 Å². The Morgan fingerprint density at radius 1 is 1.38 bits per heavy atom. The standard InChI is InChI=1S/C10H20N2O/c1-8-10(4-6-13-8)11-9-3-5-12(2)7-9/h8-11H,3-7H2,1-2H3/t8-,9+,10+/m0/s1. The number of hydrogen-bond donors (Lipinski definition) is 1. The highest BCUT2D eigenvalue weighted by atomic mass is 16.5. The fourth-order valence-electron chi connectivity index (χ4n) is 2.32. The van der Waals surface area contributed by atoms with Crippen molar-refractivity contribution >= 4 is 0 Å². The molecule has 0 aromatic rings. The summed E-state index contributed by atoms with van der Waals surface area (Å²) < 4.78 is 5.53. The van der Waals surface area contributed by atoms with Crippen molar-refractivity contribution in [2.45, 2.75) is 38.0 Å². The molecular formula is C10H20N2O. The molecule has 3 heteroatoms. The maximum atomic E-state index is 5.53. The summed E-state index contributed by atoms with van der Waals surface area (Å²) in [6.07, 6.45) is 2.88. The largest absolute Gasteiger partial charge is 0.377 e. The molecular weight excluding hydrogens is 164 g/mol. The monoisotopic (exact) mass is 184 g/mol. The van der Waals surface area contributed by atoms with Gasteiger partial charge in [-0.15, -0.1) is 0 Å². The lowest BCUT2D eigenvalue weighted by Gasteiger charge is -2.21. The third-order valence-corrected chi connectivity index (χ3v) is 3.22. The van der Waals surface area contributed by atoms with E-state index in [1.807, 2.05) is 0 Å². The zero-order chi connectivity index (χ0) is 9.26. The minimum absolute atomic E-state index is 0.408. The van der Waals surface area contributed by atoms with E-state index in [4.69, 9.17) is 4.74 Å².